The summed E-state index contributed by atoms with van der Waals surface area (Å²) in [6.45, 7) is 5.40. The molecular weight excluding hydrogens is 230 g/mol. The van der Waals surface area contributed by atoms with Gasteiger partial charge < -0.3 is 5.11 Å². The molecule has 0 spiro atoms. The second-order valence-electron chi connectivity index (χ2n) is 5.61. The van der Waals surface area contributed by atoms with E-state index in [-0.39, 0.29) is 5.91 Å². The number of amides is 1. The minimum Gasteiger partial charge on any atom is -0.480 e. The molecular formula is C14H17NO3. The third-order valence-electron chi connectivity index (χ3n) is 3.12. The maximum Gasteiger partial charge on any atom is 0.327 e. The van der Waals surface area contributed by atoms with Gasteiger partial charge in [0.15, 0.2) is 0 Å². The Hall–Kier alpha value is -1.84. The molecule has 0 unspecified atom stereocenters. The Labute approximate surface area is 106 Å². The number of hydrogen-bond acceptors (Lipinski definition) is 2. The fourth-order valence-corrected chi connectivity index (χ4v) is 2.20. The monoisotopic (exact) mass is 247 g/mol. The zero-order valence-corrected chi connectivity index (χ0v) is 10.8. The molecule has 1 heterocycles. The highest BCUT2D eigenvalue weighted by Gasteiger charge is 2.41. The Morgan fingerprint density at radius 1 is 1.28 bits per heavy atom. The normalized spacial score (nSPS) is 18.6. The van der Waals surface area contributed by atoms with E-state index in [4.69, 9.17) is 0 Å². The average Bonchev–Trinajstić information content (AvgIpc) is 2.65. The molecule has 1 N–H and O–H groups in total. The summed E-state index contributed by atoms with van der Waals surface area (Å²) in [6, 6.07) is 6.59. The average molecular weight is 247 g/mol. The molecule has 0 bridgehead atoms. The van der Waals surface area contributed by atoms with Crippen molar-refractivity contribution in [1.82, 2.24) is 0 Å². The Bertz CT molecular complexity index is 502. The number of carboxylic acids is 1. The second-order valence-corrected chi connectivity index (χ2v) is 5.61. The van der Waals surface area contributed by atoms with Gasteiger partial charge in [0.05, 0.1) is 0 Å². The van der Waals surface area contributed by atoms with Crippen LogP contribution in [0.15, 0.2) is 24.3 Å². The van der Waals surface area contributed by atoms with Crippen LogP contribution in [-0.2, 0) is 16.0 Å². The first-order chi connectivity index (χ1) is 8.32. The van der Waals surface area contributed by atoms with E-state index in [0.29, 0.717) is 6.42 Å². The van der Waals surface area contributed by atoms with Crippen LogP contribution in [0.25, 0.3) is 0 Å². The summed E-state index contributed by atoms with van der Waals surface area (Å²) >= 11 is 0. The van der Waals surface area contributed by atoms with Crippen molar-refractivity contribution in [3.8, 4) is 0 Å². The third kappa shape index (κ3) is 1.98. The Morgan fingerprint density at radius 3 is 2.44 bits per heavy atom. The molecule has 2 rings (SSSR count). The number of carboxylic acid groups (broad SMARTS) is 1. The van der Waals surface area contributed by atoms with Crippen LogP contribution in [0.4, 0.5) is 5.69 Å². The molecule has 1 amide bonds. The lowest BCUT2D eigenvalue weighted by Crippen LogP contribution is -2.47. The lowest BCUT2D eigenvalue weighted by atomic mass is 9.94. The van der Waals surface area contributed by atoms with Gasteiger partial charge in [-0.1, -0.05) is 39.0 Å². The molecule has 0 saturated carbocycles. The largest absolute Gasteiger partial charge is 0.480 e. The Morgan fingerprint density at radius 2 is 1.89 bits per heavy atom. The maximum absolute atomic E-state index is 12.4. The van der Waals surface area contributed by atoms with E-state index < -0.39 is 17.4 Å². The first kappa shape index (κ1) is 12.6. The van der Waals surface area contributed by atoms with Gasteiger partial charge in [-0.3, -0.25) is 9.69 Å². The van der Waals surface area contributed by atoms with Crippen LogP contribution in [0.3, 0.4) is 0 Å². The summed E-state index contributed by atoms with van der Waals surface area (Å²) in [5, 5.41) is 9.28. The van der Waals surface area contributed by atoms with Crippen LogP contribution in [0.2, 0.25) is 0 Å². The van der Waals surface area contributed by atoms with Gasteiger partial charge in [-0.05, 0) is 11.6 Å². The number of nitrogens with zero attached hydrogens (tertiary/aromatic N) is 1. The summed E-state index contributed by atoms with van der Waals surface area (Å²) < 4.78 is 0. The van der Waals surface area contributed by atoms with Gasteiger partial charge in [0.2, 0.25) is 5.91 Å². The number of carbonyl (C=O) groups is 2. The first-order valence-electron chi connectivity index (χ1n) is 5.97. The molecule has 1 atom stereocenters. The van der Waals surface area contributed by atoms with E-state index in [1.807, 2.05) is 24.3 Å². The number of para-hydroxylation sites is 1. The second kappa shape index (κ2) is 4.12. The van der Waals surface area contributed by atoms with Crippen molar-refractivity contribution >= 4 is 17.6 Å². The van der Waals surface area contributed by atoms with E-state index >= 15 is 0 Å². The molecule has 1 aromatic rings. The van der Waals surface area contributed by atoms with Crippen molar-refractivity contribution in [3.05, 3.63) is 29.8 Å². The zero-order chi connectivity index (χ0) is 13.5. The summed E-state index contributed by atoms with van der Waals surface area (Å²) in [5.74, 6) is -1.11. The van der Waals surface area contributed by atoms with Crippen molar-refractivity contribution in [2.75, 3.05) is 4.90 Å². The molecule has 0 fully saturated rings. The highest BCUT2D eigenvalue weighted by atomic mass is 16.4. The summed E-state index contributed by atoms with van der Waals surface area (Å²) in [4.78, 5) is 25.2. The number of anilines is 1. The van der Waals surface area contributed by atoms with Crippen LogP contribution in [0.5, 0.6) is 0 Å². The zero-order valence-electron chi connectivity index (χ0n) is 10.8. The van der Waals surface area contributed by atoms with Gasteiger partial charge in [0.25, 0.3) is 0 Å². The van der Waals surface area contributed by atoms with Crippen molar-refractivity contribution in [1.29, 1.82) is 0 Å². The molecule has 96 valence electrons. The highest BCUT2D eigenvalue weighted by Crippen LogP contribution is 2.35. The van der Waals surface area contributed by atoms with Gasteiger partial charge in [0.1, 0.15) is 6.04 Å². The number of hydrogen-bond donors (Lipinski definition) is 1. The van der Waals surface area contributed by atoms with E-state index in [1.165, 1.54) is 4.90 Å². The molecule has 1 aromatic carbocycles. The van der Waals surface area contributed by atoms with Crippen LogP contribution in [0.1, 0.15) is 26.3 Å². The van der Waals surface area contributed by atoms with E-state index in [2.05, 4.69) is 0 Å². The quantitative estimate of drug-likeness (QED) is 0.826. The fourth-order valence-electron chi connectivity index (χ4n) is 2.20. The molecule has 4 heteroatoms. The number of fused-ring (bicyclic) bond motifs is 1. The van der Waals surface area contributed by atoms with Crippen molar-refractivity contribution in [2.24, 2.45) is 5.41 Å². The number of rotatable bonds is 1. The van der Waals surface area contributed by atoms with Crippen LogP contribution in [-0.4, -0.2) is 23.0 Å². The number of benzene rings is 1. The van der Waals surface area contributed by atoms with Gasteiger partial charge in [0, 0.05) is 17.5 Å². The van der Waals surface area contributed by atoms with E-state index in [9.17, 15) is 14.7 Å². The smallest absolute Gasteiger partial charge is 0.327 e. The summed E-state index contributed by atoms with van der Waals surface area (Å²) in [5.41, 5.74) is 1.05. The fraction of sp³-hybridized carbons (Fsp3) is 0.429. The molecule has 4 nitrogen and oxygen atoms in total. The first-order valence-corrected chi connectivity index (χ1v) is 5.97. The van der Waals surface area contributed by atoms with Crippen LogP contribution >= 0.6 is 0 Å². The minimum atomic E-state index is -0.955. The van der Waals surface area contributed by atoms with E-state index in [1.54, 1.807) is 20.8 Å². The summed E-state index contributed by atoms with van der Waals surface area (Å²) in [7, 11) is 0. The van der Waals surface area contributed by atoms with Crippen LogP contribution < -0.4 is 4.90 Å². The Balaban J connectivity index is 2.47. The standard InChI is InChI=1S/C14H17NO3/c1-14(2,3)13(18)15-10-7-5-4-6-9(10)8-11(15)12(16)17/h4-7,11H,8H2,1-3H3,(H,16,17)/t11-/m0/s1. The predicted molar refractivity (Wildman–Crippen MR) is 68.5 cm³/mol. The van der Waals surface area contributed by atoms with Crippen molar-refractivity contribution in [3.63, 3.8) is 0 Å². The molecule has 0 aliphatic carbocycles. The topological polar surface area (TPSA) is 57.6 Å². The molecule has 18 heavy (non-hydrogen) atoms. The molecule has 0 saturated heterocycles. The Kier molecular flexibility index (Phi) is 2.89. The number of aliphatic carboxylic acids is 1. The number of carbonyl (C=O) groups excluding carboxylic acids is 1. The van der Waals surface area contributed by atoms with E-state index in [0.717, 1.165) is 11.3 Å². The van der Waals surface area contributed by atoms with Gasteiger partial charge in [-0.15, -0.1) is 0 Å². The molecule has 1 aliphatic heterocycles. The molecule has 1 aliphatic rings. The van der Waals surface area contributed by atoms with Gasteiger partial charge in [-0.25, -0.2) is 4.79 Å². The van der Waals surface area contributed by atoms with Crippen molar-refractivity contribution < 1.29 is 14.7 Å². The van der Waals surface area contributed by atoms with Gasteiger partial charge >= 0.3 is 5.97 Å². The third-order valence-corrected chi connectivity index (χ3v) is 3.12. The minimum absolute atomic E-state index is 0.153. The molecule has 0 radical (unpaired) electrons. The predicted octanol–water partition coefficient (Wildman–Crippen LogP) is 2.08. The maximum atomic E-state index is 12.4. The lowest BCUT2D eigenvalue weighted by molar-refractivity contribution is -0.140. The molecule has 0 aromatic heterocycles. The van der Waals surface area contributed by atoms with Crippen molar-refractivity contribution in [2.45, 2.75) is 33.2 Å². The highest BCUT2D eigenvalue weighted by molar-refractivity contribution is 6.04. The van der Waals surface area contributed by atoms with Crippen LogP contribution in [0, 0.1) is 5.41 Å². The SMILES string of the molecule is CC(C)(C)C(=O)N1c2ccccc2C[C@H]1C(=O)O. The van der Waals surface area contributed by atoms with Gasteiger partial charge in [-0.2, -0.15) is 0 Å². The lowest BCUT2D eigenvalue weighted by Gasteiger charge is -2.29. The summed E-state index contributed by atoms with van der Waals surface area (Å²) in [6.07, 6.45) is 0.382.